The number of hydrogen-bond donors (Lipinski definition) is 1. The third-order valence-corrected chi connectivity index (χ3v) is 3.66. The maximum absolute atomic E-state index is 13.8. The van der Waals surface area contributed by atoms with Crippen LogP contribution in [-0.4, -0.2) is 5.11 Å². The predicted molar refractivity (Wildman–Crippen MR) is 64.6 cm³/mol. The first kappa shape index (κ1) is 12.2. The molecule has 0 aliphatic carbocycles. The Balaban J connectivity index is 2.26. The number of aliphatic hydroxyl groups excluding tert-OH is 1. The summed E-state index contributed by atoms with van der Waals surface area (Å²) in [5, 5.41) is 9.35. The minimum Gasteiger partial charge on any atom is -0.468 e. The number of halogens is 1. The summed E-state index contributed by atoms with van der Waals surface area (Å²) in [4.78, 5) is 1.42. The van der Waals surface area contributed by atoms with Crippen molar-refractivity contribution in [1.29, 1.82) is 0 Å². The lowest BCUT2D eigenvalue weighted by atomic mass is 10.1. The van der Waals surface area contributed by atoms with Gasteiger partial charge in [0.1, 0.15) is 11.6 Å². The van der Waals surface area contributed by atoms with Crippen molar-refractivity contribution < 1.29 is 13.9 Å². The van der Waals surface area contributed by atoms with Crippen LogP contribution in [0.4, 0.5) is 4.39 Å². The molecule has 0 radical (unpaired) electrons. The van der Waals surface area contributed by atoms with Gasteiger partial charge >= 0.3 is 0 Å². The summed E-state index contributed by atoms with van der Waals surface area (Å²) in [6.45, 7) is 3.45. The van der Waals surface area contributed by atoms with E-state index in [2.05, 4.69) is 0 Å². The Hall–Kier alpha value is -1.26. The fourth-order valence-corrected chi connectivity index (χ4v) is 2.30. The Morgan fingerprint density at radius 3 is 2.59 bits per heavy atom. The number of rotatable bonds is 3. The summed E-state index contributed by atoms with van der Waals surface area (Å²) in [5.74, 6) is 0.447. The summed E-state index contributed by atoms with van der Waals surface area (Å²) >= 11 is 1.32. The lowest BCUT2D eigenvalue weighted by molar-refractivity contribution is 0.198. The van der Waals surface area contributed by atoms with E-state index in [9.17, 15) is 9.50 Å². The van der Waals surface area contributed by atoms with Gasteiger partial charge in [-0.05, 0) is 37.6 Å². The maximum Gasteiger partial charge on any atom is 0.137 e. The second kappa shape index (κ2) is 4.94. The lowest BCUT2D eigenvalue weighted by Gasteiger charge is -2.07. The van der Waals surface area contributed by atoms with Gasteiger partial charge in [0.2, 0.25) is 0 Å². The van der Waals surface area contributed by atoms with E-state index in [-0.39, 0.29) is 5.82 Å². The first-order valence-electron chi connectivity index (χ1n) is 5.27. The molecule has 1 N–H and O–H groups in total. The Morgan fingerprint density at radius 1 is 1.29 bits per heavy atom. The molecular weight excluding hydrogens is 239 g/mol. The van der Waals surface area contributed by atoms with Crippen LogP contribution >= 0.6 is 11.8 Å². The van der Waals surface area contributed by atoms with E-state index in [1.807, 2.05) is 13.0 Å². The van der Waals surface area contributed by atoms with Gasteiger partial charge in [-0.1, -0.05) is 17.8 Å². The molecule has 1 atom stereocenters. The van der Waals surface area contributed by atoms with Gasteiger partial charge in [0.25, 0.3) is 0 Å². The Labute approximate surface area is 103 Å². The third-order valence-electron chi connectivity index (χ3n) is 2.47. The molecule has 0 aliphatic heterocycles. The van der Waals surface area contributed by atoms with Crippen molar-refractivity contribution in [3.8, 4) is 0 Å². The first-order valence-corrected chi connectivity index (χ1v) is 6.09. The molecule has 0 aliphatic rings. The second-order valence-electron chi connectivity index (χ2n) is 3.81. The molecule has 1 heterocycles. The fourth-order valence-electron chi connectivity index (χ4n) is 1.46. The number of aryl methyl sites for hydroxylation is 1. The standard InChI is InChI=1S/C13H13FO2S/c1-8(15)10-3-4-13(11(14)7-10)17-12-5-6-16-9(12)2/h3-8,15H,1-2H3. The van der Waals surface area contributed by atoms with Gasteiger partial charge in [-0.25, -0.2) is 4.39 Å². The molecule has 1 unspecified atom stereocenters. The highest BCUT2D eigenvalue weighted by atomic mass is 32.2. The van der Waals surface area contributed by atoms with Crippen LogP contribution in [0.2, 0.25) is 0 Å². The Morgan fingerprint density at radius 2 is 2.06 bits per heavy atom. The van der Waals surface area contributed by atoms with Gasteiger partial charge in [-0.15, -0.1) is 0 Å². The van der Waals surface area contributed by atoms with Crippen LogP contribution in [0.1, 0.15) is 24.4 Å². The number of aliphatic hydroxyl groups is 1. The SMILES string of the molecule is Cc1occc1Sc1ccc(C(C)O)cc1F. The molecule has 0 saturated carbocycles. The van der Waals surface area contributed by atoms with E-state index in [0.29, 0.717) is 10.5 Å². The van der Waals surface area contributed by atoms with E-state index in [0.717, 1.165) is 10.7 Å². The minimum absolute atomic E-state index is 0.325. The number of furan rings is 1. The molecular formula is C13H13FO2S. The lowest BCUT2D eigenvalue weighted by Crippen LogP contribution is -1.92. The van der Waals surface area contributed by atoms with E-state index in [1.54, 1.807) is 25.3 Å². The molecule has 0 fully saturated rings. The molecule has 1 aromatic carbocycles. The first-order chi connectivity index (χ1) is 8.08. The zero-order chi connectivity index (χ0) is 12.4. The van der Waals surface area contributed by atoms with Crippen LogP contribution in [0, 0.1) is 12.7 Å². The molecule has 0 spiro atoms. The van der Waals surface area contributed by atoms with Gasteiger partial charge < -0.3 is 9.52 Å². The summed E-state index contributed by atoms with van der Waals surface area (Å²) in [6, 6.07) is 6.57. The predicted octanol–water partition coefficient (Wildman–Crippen LogP) is 3.93. The fraction of sp³-hybridized carbons (Fsp3) is 0.231. The van der Waals surface area contributed by atoms with Gasteiger partial charge in [-0.3, -0.25) is 0 Å². The second-order valence-corrected chi connectivity index (χ2v) is 4.89. The summed E-state index contributed by atoms with van der Waals surface area (Å²) < 4.78 is 18.9. The topological polar surface area (TPSA) is 33.4 Å². The highest BCUT2D eigenvalue weighted by molar-refractivity contribution is 7.99. The Kier molecular flexibility index (Phi) is 3.54. The van der Waals surface area contributed by atoms with Crippen LogP contribution in [0.5, 0.6) is 0 Å². The minimum atomic E-state index is -0.654. The average Bonchev–Trinajstić information content (AvgIpc) is 2.67. The molecule has 0 amide bonds. The maximum atomic E-state index is 13.8. The largest absolute Gasteiger partial charge is 0.468 e. The van der Waals surface area contributed by atoms with Crippen LogP contribution in [0.25, 0.3) is 0 Å². The summed E-state index contributed by atoms with van der Waals surface area (Å²) in [5.41, 5.74) is 0.579. The molecule has 2 rings (SSSR count). The van der Waals surface area contributed by atoms with E-state index >= 15 is 0 Å². The van der Waals surface area contributed by atoms with Crippen LogP contribution in [-0.2, 0) is 0 Å². The summed E-state index contributed by atoms with van der Waals surface area (Å²) in [6.07, 6.45) is 0.930. The van der Waals surface area contributed by atoms with E-state index in [1.165, 1.54) is 17.8 Å². The van der Waals surface area contributed by atoms with Gasteiger partial charge in [0.05, 0.1) is 17.3 Å². The van der Waals surface area contributed by atoms with Crippen molar-refractivity contribution in [2.24, 2.45) is 0 Å². The zero-order valence-corrected chi connectivity index (χ0v) is 10.4. The van der Waals surface area contributed by atoms with Crippen LogP contribution in [0.15, 0.2) is 44.7 Å². The molecule has 2 nitrogen and oxygen atoms in total. The zero-order valence-electron chi connectivity index (χ0n) is 9.61. The van der Waals surface area contributed by atoms with Gasteiger partial charge in [0.15, 0.2) is 0 Å². The van der Waals surface area contributed by atoms with Gasteiger partial charge in [-0.2, -0.15) is 0 Å². The van der Waals surface area contributed by atoms with E-state index < -0.39 is 6.10 Å². The van der Waals surface area contributed by atoms with Crippen molar-refractivity contribution in [3.63, 3.8) is 0 Å². The molecule has 1 aromatic heterocycles. The van der Waals surface area contributed by atoms with Crippen molar-refractivity contribution in [2.45, 2.75) is 29.7 Å². The normalized spacial score (nSPS) is 12.7. The van der Waals surface area contributed by atoms with E-state index in [4.69, 9.17) is 4.42 Å². The average molecular weight is 252 g/mol. The molecule has 0 bridgehead atoms. The van der Waals surface area contributed by atoms with Gasteiger partial charge in [0, 0.05) is 4.90 Å². The number of benzene rings is 1. The smallest absolute Gasteiger partial charge is 0.137 e. The Bertz CT molecular complexity index is 520. The highest BCUT2D eigenvalue weighted by Crippen LogP contribution is 2.33. The molecule has 17 heavy (non-hydrogen) atoms. The molecule has 0 saturated heterocycles. The molecule has 90 valence electrons. The monoisotopic (exact) mass is 252 g/mol. The van der Waals surface area contributed by atoms with Crippen molar-refractivity contribution in [1.82, 2.24) is 0 Å². The van der Waals surface area contributed by atoms with Crippen molar-refractivity contribution in [2.75, 3.05) is 0 Å². The molecule has 2 aromatic rings. The van der Waals surface area contributed by atoms with Crippen molar-refractivity contribution >= 4 is 11.8 Å². The van der Waals surface area contributed by atoms with Crippen molar-refractivity contribution in [3.05, 3.63) is 47.7 Å². The van der Waals surface area contributed by atoms with Crippen LogP contribution < -0.4 is 0 Å². The van der Waals surface area contributed by atoms with Crippen LogP contribution in [0.3, 0.4) is 0 Å². The third kappa shape index (κ3) is 2.70. The molecule has 4 heteroatoms. The summed E-state index contributed by atoms with van der Waals surface area (Å²) in [7, 11) is 0. The highest BCUT2D eigenvalue weighted by Gasteiger charge is 2.10. The number of hydrogen-bond acceptors (Lipinski definition) is 3. The quantitative estimate of drug-likeness (QED) is 0.898.